The monoisotopic (exact) mass is 213 g/mol. The van der Waals surface area contributed by atoms with Crippen LogP contribution in [-0.2, 0) is 6.42 Å². The predicted molar refractivity (Wildman–Crippen MR) is 55.9 cm³/mol. The van der Waals surface area contributed by atoms with Gasteiger partial charge in [0.1, 0.15) is 5.82 Å². The maximum atomic E-state index is 12.8. The molecule has 14 heavy (non-hydrogen) atoms. The second kappa shape index (κ2) is 3.52. The summed E-state index contributed by atoms with van der Waals surface area (Å²) < 4.78 is 12.8. The lowest BCUT2D eigenvalue weighted by atomic mass is 9.74. The molecule has 0 bridgehead atoms. The molecule has 2 rings (SSSR count). The van der Waals surface area contributed by atoms with Crippen LogP contribution >= 0.6 is 11.6 Å². The molecule has 1 aliphatic rings. The third-order valence-corrected chi connectivity index (χ3v) is 3.26. The van der Waals surface area contributed by atoms with Gasteiger partial charge in [-0.2, -0.15) is 0 Å². The van der Waals surface area contributed by atoms with Gasteiger partial charge in [0.2, 0.25) is 0 Å². The van der Waals surface area contributed by atoms with Crippen LogP contribution in [0, 0.1) is 5.82 Å². The molecular weight excluding hydrogens is 201 g/mol. The van der Waals surface area contributed by atoms with E-state index in [2.05, 4.69) is 0 Å². The molecule has 1 aromatic carbocycles. The van der Waals surface area contributed by atoms with E-state index in [1.54, 1.807) is 6.07 Å². The Kier molecular flexibility index (Phi) is 2.50. The summed E-state index contributed by atoms with van der Waals surface area (Å²) in [6.07, 6.45) is 4.03. The van der Waals surface area contributed by atoms with Crippen molar-refractivity contribution in [2.75, 3.05) is 0 Å². The Morgan fingerprint density at radius 1 is 1.43 bits per heavy atom. The highest BCUT2D eigenvalue weighted by atomic mass is 35.5. The van der Waals surface area contributed by atoms with E-state index >= 15 is 0 Å². The van der Waals surface area contributed by atoms with Crippen LogP contribution in [0.3, 0.4) is 0 Å². The Bertz CT molecular complexity index is 347. The molecular formula is C11H13ClFN. The molecule has 0 aliphatic heterocycles. The van der Waals surface area contributed by atoms with Gasteiger partial charge in [0.05, 0.1) is 0 Å². The Labute approximate surface area is 88.1 Å². The average Bonchev–Trinajstić information content (AvgIpc) is 2.07. The van der Waals surface area contributed by atoms with Crippen LogP contribution in [0.25, 0.3) is 0 Å². The van der Waals surface area contributed by atoms with E-state index < -0.39 is 0 Å². The minimum atomic E-state index is -0.293. The number of benzene rings is 1. The molecule has 0 saturated heterocycles. The summed E-state index contributed by atoms with van der Waals surface area (Å²) in [6, 6.07) is 4.51. The van der Waals surface area contributed by atoms with Gasteiger partial charge in [0.15, 0.2) is 0 Å². The normalized spacial score (nSPS) is 19.1. The van der Waals surface area contributed by atoms with Crippen LogP contribution in [0.2, 0.25) is 5.02 Å². The van der Waals surface area contributed by atoms with Crippen molar-refractivity contribution in [2.45, 2.75) is 31.2 Å². The maximum Gasteiger partial charge on any atom is 0.124 e. The minimum Gasteiger partial charge on any atom is -0.325 e. The molecule has 1 aliphatic carbocycles. The average molecular weight is 214 g/mol. The first kappa shape index (κ1) is 9.94. The highest BCUT2D eigenvalue weighted by Crippen LogP contribution is 2.34. The van der Waals surface area contributed by atoms with E-state index in [1.807, 2.05) is 0 Å². The van der Waals surface area contributed by atoms with E-state index in [0.717, 1.165) is 24.8 Å². The van der Waals surface area contributed by atoms with E-state index in [1.165, 1.54) is 18.6 Å². The Balaban J connectivity index is 2.16. The lowest BCUT2D eigenvalue weighted by Gasteiger charge is -2.38. The third-order valence-electron chi connectivity index (χ3n) is 2.91. The smallest absolute Gasteiger partial charge is 0.124 e. The maximum absolute atomic E-state index is 12.8. The van der Waals surface area contributed by atoms with Crippen molar-refractivity contribution in [3.05, 3.63) is 34.6 Å². The van der Waals surface area contributed by atoms with E-state index in [0.29, 0.717) is 5.02 Å². The molecule has 1 aromatic rings. The van der Waals surface area contributed by atoms with Crippen LogP contribution in [0.15, 0.2) is 18.2 Å². The number of nitrogens with two attached hydrogens (primary N) is 1. The zero-order valence-electron chi connectivity index (χ0n) is 7.89. The van der Waals surface area contributed by atoms with E-state index in [9.17, 15) is 4.39 Å². The Hall–Kier alpha value is -0.600. The molecule has 0 radical (unpaired) electrons. The fourth-order valence-electron chi connectivity index (χ4n) is 1.85. The molecule has 1 saturated carbocycles. The van der Waals surface area contributed by atoms with Crippen molar-refractivity contribution in [1.82, 2.24) is 0 Å². The minimum absolute atomic E-state index is 0.0958. The van der Waals surface area contributed by atoms with Gasteiger partial charge in [0.25, 0.3) is 0 Å². The van der Waals surface area contributed by atoms with Gasteiger partial charge >= 0.3 is 0 Å². The van der Waals surface area contributed by atoms with Crippen LogP contribution in [0.1, 0.15) is 24.8 Å². The molecule has 0 atom stereocenters. The lowest BCUT2D eigenvalue weighted by molar-refractivity contribution is 0.247. The number of hydrogen-bond acceptors (Lipinski definition) is 1. The van der Waals surface area contributed by atoms with Crippen LogP contribution in [0.4, 0.5) is 4.39 Å². The van der Waals surface area contributed by atoms with Gasteiger partial charge in [-0.05, 0) is 43.4 Å². The third kappa shape index (κ3) is 1.91. The molecule has 3 heteroatoms. The van der Waals surface area contributed by atoms with Gasteiger partial charge in [-0.15, -0.1) is 0 Å². The molecule has 0 heterocycles. The van der Waals surface area contributed by atoms with Crippen molar-refractivity contribution in [3.63, 3.8) is 0 Å². The van der Waals surface area contributed by atoms with Gasteiger partial charge in [0, 0.05) is 10.6 Å². The summed E-state index contributed by atoms with van der Waals surface area (Å²) >= 11 is 5.92. The zero-order valence-corrected chi connectivity index (χ0v) is 8.65. The van der Waals surface area contributed by atoms with Gasteiger partial charge in [-0.25, -0.2) is 4.39 Å². The highest BCUT2D eigenvalue weighted by molar-refractivity contribution is 6.31. The summed E-state index contributed by atoms with van der Waals surface area (Å²) in [7, 11) is 0. The summed E-state index contributed by atoms with van der Waals surface area (Å²) in [4.78, 5) is 0. The Morgan fingerprint density at radius 2 is 2.14 bits per heavy atom. The van der Waals surface area contributed by atoms with Crippen molar-refractivity contribution in [3.8, 4) is 0 Å². The number of halogens is 2. The van der Waals surface area contributed by atoms with Crippen molar-refractivity contribution in [1.29, 1.82) is 0 Å². The van der Waals surface area contributed by atoms with E-state index in [-0.39, 0.29) is 11.4 Å². The first-order valence-electron chi connectivity index (χ1n) is 4.82. The van der Waals surface area contributed by atoms with Crippen LogP contribution < -0.4 is 5.73 Å². The molecule has 1 nitrogen and oxygen atoms in total. The second-order valence-corrected chi connectivity index (χ2v) is 4.54. The number of rotatable bonds is 2. The predicted octanol–water partition coefficient (Wildman–Crippen LogP) is 2.90. The summed E-state index contributed by atoms with van der Waals surface area (Å²) in [5, 5.41) is 0.488. The lowest BCUT2D eigenvalue weighted by Crippen LogP contribution is -2.48. The molecule has 76 valence electrons. The largest absolute Gasteiger partial charge is 0.325 e. The quantitative estimate of drug-likeness (QED) is 0.803. The molecule has 0 aromatic heterocycles. The molecule has 2 N–H and O–H groups in total. The van der Waals surface area contributed by atoms with Crippen LogP contribution in [-0.4, -0.2) is 5.54 Å². The summed E-state index contributed by atoms with van der Waals surface area (Å²) in [6.45, 7) is 0. The fourth-order valence-corrected chi connectivity index (χ4v) is 2.09. The standard InChI is InChI=1S/C11H13ClFN/c12-10-6-9(13)3-2-8(10)7-11(14)4-1-5-11/h2-3,6H,1,4-5,7,14H2. The Morgan fingerprint density at radius 3 is 2.64 bits per heavy atom. The molecule has 0 amide bonds. The second-order valence-electron chi connectivity index (χ2n) is 4.13. The van der Waals surface area contributed by atoms with E-state index in [4.69, 9.17) is 17.3 Å². The molecule has 1 fully saturated rings. The first-order valence-corrected chi connectivity index (χ1v) is 5.20. The summed E-state index contributed by atoms with van der Waals surface area (Å²) in [5.74, 6) is -0.293. The van der Waals surface area contributed by atoms with Gasteiger partial charge in [-0.1, -0.05) is 17.7 Å². The molecule has 0 spiro atoms. The van der Waals surface area contributed by atoms with Gasteiger partial charge in [-0.3, -0.25) is 0 Å². The number of hydrogen-bond donors (Lipinski definition) is 1. The SMILES string of the molecule is NC1(Cc2ccc(F)cc2Cl)CCC1. The first-order chi connectivity index (χ1) is 6.59. The highest BCUT2D eigenvalue weighted by Gasteiger charge is 2.32. The summed E-state index contributed by atoms with van der Waals surface area (Å²) in [5.41, 5.74) is 6.95. The zero-order chi connectivity index (χ0) is 10.2. The fraction of sp³-hybridized carbons (Fsp3) is 0.455. The van der Waals surface area contributed by atoms with Crippen molar-refractivity contribution in [2.24, 2.45) is 5.73 Å². The van der Waals surface area contributed by atoms with Crippen molar-refractivity contribution >= 4 is 11.6 Å². The van der Waals surface area contributed by atoms with Crippen LogP contribution in [0.5, 0.6) is 0 Å². The molecule has 0 unspecified atom stereocenters. The van der Waals surface area contributed by atoms with Gasteiger partial charge < -0.3 is 5.73 Å². The van der Waals surface area contributed by atoms with Crippen molar-refractivity contribution < 1.29 is 4.39 Å². The topological polar surface area (TPSA) is 26.0 Å².